The summed E-state index contributed by atoms with van der Waals surface area (Å²) in [5, 5.41) is 11.7. The van der Waals surface area contributed by atoms with Crippen molar-refractivity contribution in [2.75, 3.05) is 5.01 Å². The summed E-state index contributed by atoms with van der Waals surface area (Å²) in [5.41, 5.74) is 2.76. The van der Waals surface area contributed by atoms with Gasteiger partial charge in [-0.05, 0) is 24.3 Å². The monoisotopic (exact) mass is 234 g/mol. The van der Waals surface area contributed by atoms with Crippen molar-refractivity contribution in [1.82, 2.24) is 10.7 Å². The molecule has 1 aromatic rings. The number of hydrazine groups is 1. The van der Waals surface area contributed by atoms with Gasteiger partial charge in [-0.25, -0.2) is 14.2 Å². The molecule has 1 saturated heterocycles. The van der Waals surface area contributed by atoms with Crippen LogP contribution in [0.15, 0.2) is 24.3 Å². The van der Waals surface area contributed by atoms with Crippen molar-refractivity contribution >= 4 is 17.6 Å². The van der Waals surface area contributed by atoms with E-state index in [1.165, 1.54) is 24.3 Å². The molecule has 3 amide bonds. The summed E-state index contributed by atoms with van der Waals surface area (Å²) in [5.74, 6) is -1.16. The number of anilines is 1. The summed E-state index contributed by atoms with van der Waals surface area (Å²) in [6.45, 7) is 0. The van der Waals surface area contributed by atoms with Gasteiger partial charge in [-0.2, -0.15) is 10.7 Å². The summed E-state index contributed by atoms with van der Waals surface area (Å²) in [4.78, 5) is 22.6. The van der Waals surface area contributed by atoms with Crippen molar-refractivity contribution < 1.29 is 14.0 Å². The fourth-order valence-electron chi connectivity index (χ4n) is 1.35. The van der Waals surface area contributed by atoms with Gasteiger partial charge in [0.2, 0.25) is 0 Å². The van der Waals surface area contributed by atoms with E-state index in [1.807, 2.05) is 5.32 Å². The molecule has 17 heavy (non-hydrogen) atoms. The average molecular weight is 234 g/mol. The molecule has 2 N–H and O–H groups in total. The van der Waals surface area contributed by atoms with Crippen molar-refractivity contribution in [2.24, 2.45) is 0 Å². The zero-order valence-electron chi connectivity index (χ0n) is 8.48. The van der Waals surface area contributed by atoms with E-state index < -0.39 is 23.8 Å². The molecule has 0 aromatic heterocycles. The number of hydrogen-bond acceptors (Lipinski definition) is 4. The maximum absolute atomic E-state index is 12.7. The predicted molar refractivity (Wildman–Crippen MR) is 55.0 cm³/mol. The van der Waals surface area contributed by atoms with Crippen molar-refractivity contribution in [3.05, 3.63) is 30.1 Å². The molecule has 0 bridgehead atoms. The Bertz CT molecular complexity index is 508. The molecule has 6 nitrogen and oxygen atoms in total. The number of hydrogen-bond donors (Lipinski definition) is 2. The van der Waals surface area contributed by atoms with Gasteiger partial charge in [0.15, 0.2) is 6.04 Å². The Kier molecular flexibility index (Phi) is 2.72. The number of nitriles is 1. The van der Waals surface area contributed by atoms with Gasteiger partial charge < -0.3 is 0 Å². The largest absolute Gasteiger partial charge is 0.343 e. The summed E-state index contributed by atoms with van der Waals surface area (Å²) in [6, 6.07) is 4.87. The summed E-state index contributed by atoms with van der Waals surface area (Å²) in [6.07, 6.45) is 0. The van der Waals surface area contributed by atoms with Crippen molar-refractivity contribution in [2.45, 2.75) is 6.04 Å². The first-order valence-electron chi connectivity index (χ1n) is 4.68. The predicted octanol–water partition coefficient (Wildman–Crippen LogP) is 0.279. The Morgan fingerprint density at radius 1 is 1.29 bits per heavy atom. The van der Waals surface area contributed by atoms with Crippen molar-refractivity contribution in [3.63, 3.8) is 0 Å². The minimum Gasteiger partial charge on any atom is -0.274 e. The molecular weight excluding hydrogens is 227 g/mol. The van der Waals surface area contributed by atoms with Crippen LogP contribution in [0.4, 0.5) is 14.9 Å². The van der Waals surface area contributed by atoms with Crippen LogP contribution in [0.1, 0.15) is 0 Å². The fraction of sp³-hybridized carbons (Fsp3) is 0.100. The lowest BCUT2D eigenvalue weighted by molar-refractivity contribution is -0.121. The van der Waals surface area contributed by atoms with Crippen LogP contribution in [0, 0.1) is 17.1 Å². The smallest absolute Gasteiger partial charge is 0.274 e. The Labute approximate surface area is 95.6 Å². The second kappa shape index (κ2) is 4.19. The maximum atomic E-state index is 12.7. The first-order chi connectivity index (χ1) is 8.11. The van der Waals surface area contributed by atoms with E-state index in [0.717, 1.165) is 5.01 Å². The number of urea groups is 1. The van der Waals surface area contributed by atoms with Crippen molar-refractivity contribution in [1.29, 1.82) is 5.26 Å². The number of imide groups is 1. The first kappa shape index (κ1) is 11.0. The Morgan fingerprint density at radius 2 is 1.94 bits per heavy atom. The number of amides is 3. The zero-order chi connectivity index (χ0) is 12.4. The molecule has 1 unspecified atom stereocenters. The molecule has 0 radical (unpaired) electrons. The highest BCUT2D eigenvalue weighted by molar-refractivity contribution is 6.07. The lowest BCUT2D eigenvalue weighted by Crippen LogP contribution is -2.64. The van der Waals surface area contributed by atoms with Gasteiger partial charge in [0.25, 0.3) is 5.91 Å². The fourth-order valence-corrected chi connectivity index (χ4v) is 1.35. The molecular formula is C10H7FN4O2. The van der Waals surface area contributed by atoms with Gasteiger partial charge in [0, 0.05) is 0 Å². The number of carbonyl (C=O) groups is 2. The summed E-state index contributed by atoms with van der Waals surface area (Å²) < 4.78 is 12.7. The molecule has 1 aliphatic rings. The number of rotatable bonds is 1. The molecule has 1 atom stereocenters. The summed E-state index contributed by atoms with van der Waals surface area (Å²) >= 11 is 0. The third-order valence-corrected chi connectivity index (χ3v) is 2.17. The molecule has 0 spiro atoms. The van der Waals surface area contributed by atoms with Crippen LogP contribution in [0.2, 0.25) is 0 Å². The number of carbonyl (C=O) groups excluding carboxylic acids is 2. The zero-order valence-corrected chi connectivity index (χ0v) is 8.48. The number of nitrogens with zero attached hydrogens (tertiary/aromatic N) is 2. The first-order valence-corrected chi connectivity index (χ1v) is 4.68. The topological polar surface area (TPSA) is 85.2 Å². The minimum absolute atomic E-state index is 0.330. The second-order valence-electron chi connectivity index (χ2n) is 3.30. The van der Waals surface area contributed by atoms with Crippen LogP contribution in [-0.2, 0) is 4.79 Å². The third-order valence-electron chi connectivity index (χ3n) is 2.17. The van der Waals surface area contributed by atoms with E-state index in [9.17, 15) is 14.0 Å². The Morgan fingerprint density at radius 3 is 2.53 bits per heavy atom. The van der Waals surface area contributed by atoms with Gasteiger partial charge >= 0.3 is 6.03 Å². The molecule has 1 fully saturated rings. The van der Waals surface area contributed by atoms with E-state index in [1.54, 1.807) is 6.07 Å². The second-order valence-corrected chi connectivity index (χ2v) is 3.30. The van der Waals surface area contributed by atoms with Crippen LogP contribution in [0.3, 0.4) is 0 Å². The molecule has 0 saturated carbocycles. The number of nitrogens with one attached hydrogen (secondary N) is 2. The molecule has 1 aromatic carbocycles. The standard InChI is InChI=1S/C10H7FN4O2/c11-6-1-3-7(4-2-6)15-10(17)13-9(16)8(5-12)14-15/h1-4,8,14H,(H,13,16,17). The number of benzene rings is 1. The Hall–Kier alpha value is -2.46. The van der Waals surface area contributed by atoms with E-state index in [4.69, 9.17) is 5.26 Å². The average Bonchev–Trinajstić information content (AvgIpc) is 2.31. The molecule has 86 valence electrons. The SMILES string of the molecule is N#CC1NN(c2ccc(F)cc2)C(=O)NC1=O. The molecule has 2 rings (SSSR count). The van der Waals surface area contributed by atoms with Crippen LogP contribution in [0.25, 0.3) is 0 Å². The highest BCUT2D eigenvalue weighted by Crippen LogP contribution is 2.15. The van der Waals surface area contributed by atoms with Gasteiger partial charge in [-0.15, -0.1) is 0 Å². The highest BCUT2D eigenvalue weighted by atomic mass is 19.1. The Balaban J connectivity index is 2.26. The van der Waals surface area contributed by atoms with E-state index in [0.29, 0.717) is 5.69 Å². The van der Waals surface area contributed by atoms with E-state index in [2.05, 4.69) is 5.43 Å². The van der Waals surface area contributed by atoms with Gasteiger partial charge in [-0.3, -0.25) is 10.1 Å². The van der Waals surface area contributed by atoms with Crippen molar-refractivity contribution in [3.8, 4) is 6.07 Å². The highest BCUT2D eigenvalue weighted by Gasteiger charge is 2.32. The number of halogens is 1. The maximum Gasteiger partial charge on any atom is 0.343 e. The lowest BCUT2D eigenvalue weighted by Gasteiger charge is -2.29. The quantitative estimate of drug-likeness (QED) is 0.730. The van der Waals surface area contributed by atoms with Crippen LogP contribution in [-0.4, -0.2) is 18.0 Å². The minimum atomic E-state index is -1.15. The third kappa shape index (κ3) is 2.07. The van der Waals surface area contributed by atoms with E-state index in [-0.39, 0.29) is 0 Å². The van der Waals surface area contributed by atoms with Crippen LogP contribution in [0.5, 0.6) is 0 Å². The van der Waals surface area contributed by atoms with Gasteiger partial charge in [-0.1, -0.05) is 0 Å². The van der Waals surface area contributed by atoms with E-state index >= 15 is 0 Å². The van der Waals surface area contributed by atoms with Crippen LogP contribution < -0.4 is 15.8 Å². The van der Waals surface area contributed by atoms with Crippen LogP contribution >= 0.6 is 0 Å². The van der Waals surface area contributed by atoms with Gasteiger partial charge in [0.05, 0.1) is 11.8 Å². The molecule has 7 heteroatoms. The summed E-state index contributed by atoms with van der Waals surface area (Å²) in [7, 11) is 0. The molecule has 1 heterocycles. The lowest BCUT2D eigenvalue weighted by atomic mass is 10.2. The molecule has 1 aliphatic heterocycles. The molecule has 0 aliphatic carbocycles. The normalized spacial score (nSPS) is 19.8. The van der Waals surface area contributed by atoms with Gasteiger partial charge in [0.1, 0.15) is 5.82 Å².